The summed E-state index contributed by atoms with van der Waals surface area (Å²) in [6.07, 6.45) is 3.90. The number of aliphatic carboxylic acids is 1. The third kappa shape index (κ3) is 3.79. The van der Waals surface area contributed by atoms with E-state index in [2.05, 4.69) is 0 Å². The lowest BCUT2D eigenvalue weighted by Gasteiger charge is -2.41. The van der Waals surface area contributed by atoms with Crippen LogP contribution in [0, 0.1) is 11.8 Å². The lowest BCUT2D eigenvalue weighted by molar-refractivity contribution is -0.153. The average molecular weight is 461 g/mol. The topological polar surface area (TPSA) is 95.0 Å². The van der Waals surface area contributed by atoms with Crippen LogP contribution in [0.3, 0.4) is 0 Å². The molecule has 1 fully saturated rings. The Morgan fingerprint density at radius 3 is 2.18 bits per heavy atom. The molecule has 0 unspecified atom stereocenters. The molecule has 1 aliphatic carbocycles. The zero-order valence-electron chi connectivity index (χ0n) is 19.0. The van der Waals surface area contributed by atoms with Gasteiger partial charge < -0.3 is 10.0 Å². The fourth-order valence-electron chi connectivity index (χ4n) is 5.86. The molecular weight excluding hydrogens is 432 g/mol. The number of carbonyl (C=O) groups is 4. The first-order valence-electron chi connectivity index (χ1n) is 12.0. The molecular formula is C27H28N2O5. The van der Waals surface area contributed by atoms with Crippen LogP contribution in [0.5, 0.6) is 0 Å². The molecule has 3 atom stereocenters. The summed E-state index contributed by atoms with van der Waals surface area (Å²) in [5.41, 5.74) is 2.99. The molecule has 176 valence electrons. The maximum Gasteiger partial charge on any atom is 0.307 e. The number of amides is 3. The Kier molecular flexibility index (Phi) is 5.94. The van der Waals surface area contributed by atoms with Gasteiger partial charge in [-0.15, -0.1) is 0 Å². The van der Waals surface area contributed by atoms with E-state index in [1.165, 1.54) is 4.90 Å². The number of imide groups is 1. The van der Waals surface area contributed by atoms with Gasteiger partial charge in [-0.3, -0.25) is 24.1 Å². The molecule has 2 aromatic carbocycles. The molecule has 0 spiro atoms. The summed E-state index contributed by atoms with van der Waals surface area (Å²) in [6.45, 7) is 0.702. The number of carboxylic acids is 1. The summed E-state index contributed by atoms with van der Waals surface area (Å²) in [5.74, 6) is -2.82. The van der Waals surface area contributed by atoms with E-state index in [1.807, 2.05) is 29.2 Å². The quantitative estimate of drug-likeness (QED) is 0.687. The minimum atomic E-state index is -0.905. The summed E-state index contributed by atoms with van der Waals surface area (Å²) in [6, 6.07) is 14.5. The van der Waals surface area contributed by atoms with Crippen molar-refractivity contribution in [3.05, 3.63) is 70.8 Å². The third-order valence-corrected chi connectivity index (χ3v) is 7.60. The van der Waals surface area contributed by atoms with E-state index in [1.54, 1.807) is 24.3 Å². The number of carbonyl (C=O) groups excluding carboxylic acids is 3. The molecule has 7 nitrogen and oxygen atoms in total. The first kappa shape index (κ1) is 22.3. The first-order valence-corrected chi connectivity index (χ1v) is 12.0. The van der Waals surface area contributed by atoms with E-state index in [-0.39, 0.29) is 30.3 Å². The molecule has 0 radical (unpaired) electrons. The molecule has 2 heterocycles. The van der Waals surface area contributed by atoms with Gasteiger partial charge in [-0.2, -0.15) is 0 Å². The van der Waals surface area contributed by atoms with Crippen molar-refractivity contribution in [2.75, 3.05) is 13.1 Å². The van der Waals surface area contributed by atoms with Crippen LogP contribution >= 0.6 is 0 Å². The summed E-state index contributed by atoms with van der Waals surface area (Å²) in [4.78, 5) is 54.4. The Labute approximate surface area is 198 Å². The van der Waals surface area contributed by atoms with Crippen molar-refractivity contribution < 1.29 is 24.3 Å². The number of rotatable bonds is 5. The highest BCUT2D eigenvalue weighted by molar-refractivity contribution is 6.21. The average Bonchev–Trinajstić information content (AvgIpc) is 3.11. The van der Waals surface area contributed by atoms with Gasteiger partial charge in [-0.25, -0.2) is 0 Å². The van der Waals surface area contributed by atoms with Crippen LogP contribution in [-0.4, -0.2) is 51.7 Å². The second-order valence-electron chi connectivity index (χ2n) is 9.43. The van der Waals surface area contributed by atoms with E-state index < -0.39 is 17.8 Å². The predicted octanol–water partition coefficient (Wildman–Crippen LogP) is 3.69. The number of hydrogen-bond acceptors (Lipinski definition) is 4. The van der Waals surface area contributed by atoms with Crippen molar-refractivity contribution in [2.24, 2.45) is 11.8 Å². The molecule has 7 heteroatoms. The molecule has 1 saturated carbocycles. The van der Waals surface area contributed by atoms with Gasteiger partial charge in [0.05, 0.1) is 29.0 Å². The maximum absolute atomic E-state index is 13.7. The van der Waals surface area contributed by atoms with Crippen molar-refractivity contribution in [3.63, 3.8) is 0 Å². The monoisotopic (exact) mass is 460 g/mol. The highest BCUT2D eigenvalue weighted by atomic mass is 16.4. The second-order valence-corrected chi connectivity index (χ2v) is 9.43. The number of nitrogens with zero attached hydrogens (tertiary/aromatic N) is 2. The summed E-state index contributed by atoms with van der Waals surface area (Å²) in [5, 5.41) is 9.72. The fraction of sp³-hybridized carbons (Fsp3) is 0.407. The van der Waals surface area contributed by atoms with E-state index in [4.69, 9.17) is 0 Å². The largest absolute Gasteiger partial charge is 0.481 e. The summed E-state index contributed by atoms with van der Waals surface area (Å²) in [7, 11) is 0. The van der Waals surface area contributed by atoms with Crippen molar-refractivity contribution in [1.82, 2.24) is 9.80 Å². The molecule has 3 aliphatic rings. The van der Waals surface area contributed by atoms with Gasteiger partial charge in [-0.1, -0.05) is 49.2 Å². The van der Waals surface area contributed by atoms with Gasteiger partial charge in [0.2, 0.25) is 5.91 Å². The van der Waals surface area contributed by atoms with Crippen molar-refractivity contribution in [3.8, 4) is 0 Å². The first-order chi connectivity index (χ1) is 16.5. The van der Waals surface area contributed by atoms with Gasteiger partial charge >= 0.3 is 5.97 Å². The van der Waals surface area contributed by atoms with Crippen LogP contribution in [-0.2, 0) is 16.0 Å². The van der Waals surface area contributed by atoms with Crippen LogP contribution in [0.15, 0.2) is 48.5 Å². The van der Waals surface area contributed by atoms with Crippen LogP contribution in [0.1, 0.15) is 70.0 Å². The molecule has 5 rings (SSSR count). The minimum absolute atomic E-state index is 0.117. The number of hydrogen-bond donors (Lipinski definition) is 1. The second kappa shape index (κ2) is 9.05. The normalized spacial score (nSPS) is 24.1. The van der Waals surface area contributed by atoms with Gasteiger partial charge in [0.1, 0.15) is 0 Å². The summed E-state index contributed by atoms with van der Waals surface area (Å²) >= 11 is 0. The molecule has 0 aromatic heterocycles. The summed E-state index contributed by atoms with van der Waals surface area (Å²) < 4.78 is 0. The smallest absolute Gasteiger partial charge is 0.307 e. The predicted molar refractivity (Wildman–Crippen MR) is 124 cm³/mol. The van der Waals surface area contributed by atoms with Gasteiger partial charge in [0.15, 0.2) is 0 Å². The number of carboxylic acid groups (broad SMARTS) is 1. The number of benzene rings is 2. The Bertz CT molecular complexity index is 1120. The van der Waals surface area contributed by atoms with E-state index in [0.29, 0.717) is 43.4 Å². The molecule has 0 bridgehead atoms. The molecule has 0 saturated heterocycles. The minimum Gasteiger partial charge on any atom is -0.481 e. The van der Waals surface area contributed by atoms with E-state index in [0.717, 1.165) is 24.0 Å². The third-order valence-electron chi connectivity index (χ3n) is 7.60. The highest BCUT2D eigenvalue weighted by Crippen LogP contribution is 2.38. The van der Waals surface area contributed by atoms with Crippen molar-refractivity contribution in [1.29, 1.82) is 0 Å². The van der Waals surface area contributed by atoms with E-state index >= 15 is 0 Å². The van der Waals surface area contributed by atoms with Crippen LogP contribution < -0.4 is 0 Å². The SMILES string of the molecule is O=C(O)[C@H]1CCCC[C@H]1C(=O)N1CCc2ccccc2[C@H]1CCN1C(=O)c2ccccc2C1=O. The molecule has 1 N–H and O–H groups in total. The Balaban J connectivity index is 1.41. The van der Waals surface area contributed by atoms with Crippen LogP contribution in [0.4, 0.5) is 0 Å². The highest BCUT2D eigenvalue weighted by Gasteiger charge is 2.42. The zero-order valence-corrected chi connectivity index (χ0v) is 19.0. The maximum atomic E-state index is 13.7. The lowest BCUT2D eigenvalue weighted by Crippen LogP contribution is -2.47. The lowest BCUT2D eigenvalue weighted by atomic mass is 9.77. The van der Waals surface area contributed by atoms with Gasteiger partial charge in [0.25, 0.3) is 11.8 Å². The molecule has 3 amide bonds. The molecule has 34 heavy (non-hydrogen) atoms. The van der Waals surface area contributed by atoms with Crippen LogP contribution in [0.2, 0.25) is 0 Å². The Morgan fingerprint density at radius 2 is 1.50 bits per heavy atom. The fourth-order valence-corrected chi connectivity index (χ4v) is 5.86. The Morgan fingerprint density at radius 1 is 0.882 bits per heavy atom. The van der Waals surface area contributed by atoms with Gasteiger partial charge in [-0.05, 0) is 48.9 Å². The van der Waals surface area contributed by atoms with Crippen molar-refractivity contribution in [2.45, 2.75) is 44.6 Å². The molecule has 2 aromatic rings. The standard InChI is InChI=1S/C27H28N2O5/c30-24(21-11-5-6-12-22(21)27(33)34)28-15-13-17-7-1-2-8-18(17)23(28)14-16-29-25(31)19-9-3-4-10-20(19)26(29)32/h1-4,7-10,21-23H,5-6,11-16H2,(H,33,34)/t21-,22+,23-/m1/s1. The van der Waals surface area contributed by atoms with Crippen molar-refractivity contribution >= 4 is 23.7 Å². The van der Waals surface area contributed by atoms with Gasteiger partial charge in [0, 0.05) is 13.1 Å². The number of fused-ring (bicyclic) bond motifs is 2. The Hall–Kier alpha value is -3.48. The zero-order chi connectivity index (χ0) is 23.8. The van der Waals surface area contributed by atoms with E-state index in [9.17, 15) is 24.3 Å². The molecule has 2 aliphatic heterocycles. The van der Waals surface area contributed by atoms with Crippen LogP contribution in [0.25, 0.3) is 0 Å².